The fourth-order valence-corrected chi connectivity index (χ4v) is 1.85. The second kappa shape index (κ2) is 5.63. The van der Waals surface area contributed by atoms with Crippen LogP contribution in [0.15, 0.2) is 30.6 Å². The van der Waals surface area contributed by atoms with Gasteiger partial charge in [0.2, 0.25) is 5.82 Å². The first kappa shape index (κ1) is 13.2. The van der Waals surface area contributed by atoms with E-state index in [4.69, 9.17) is 5.26 Å². The predicted molar refractivity (Wildman–Crippen MR) is 70.2 cm³/mol. The Morgan fingerprint density at radius 1 is 1.47 bits per heavy atom. The minimum absolute atomic E-state index is 0.177. The number of para-hydroxylation sites is 1. The summed E-state index contributed by atoms with van der Waals surface area (Å²) < 4.78 is 15.5. The molecule has 0 aliphatic rings. The van der Waals surface area contributed by atoms with Crippen molar-refractivity contribution in [2.45, 2.75) is 26.4 Å². The third kappa shape index (κ3) is 2.80. The molecule has 0 radical (unpaired) electrons. The molecule has 0 aliphatic carbocycles. The Morgan fingerprint density at radius 3 is 2.95 bits per heavy atom. The Hall–Kier alpha value is -2.19. The van der Waals surface area contributed by atoms with E-state index < -0.39 is 0 Å². The number of rotatable bonds is 4. The van der Waals surface area contributed by atoms with Gasteiger partial charge in [-0.25, -0.2) is 9.37 Å². The summed E-state index contributed by atoms with van der Waals surface area (Å²) in [6, 6.07) is 7.15. The van der Waals surface area contributed by atoms with Crippen molar-refractivity contribution in [2.75, 3.05) is 0 Å². The van der Waals surface area contributed by atoms with E-state index in [1.54, 1.807) is 12.3 Å². The second-order valence-corrected chi connectivity index (χ2v) is 4.52. The summed E-state index contributed by atoms with van der Waals surface area (Å²) in [7, 11) is 0. The molecule has 19 heavy (non-hydrogen) atoms. The molecule has 0 saturated heterocycles. The van der Waals surface area contributed by atoms with Gasteiger partial charge in [-0.15, -0.1) is 0 Å². The molecule has 0 aliphatic heterocycles. The van der Waals surface area contributed by atoms with E-state index in [9.17, 15) is 4.39 Å². The molecule has 0 spiro atoms. The maximum atomic E-state index is 14.1. The number of imidazole rings is 1. The lowest BCUT2D eigenvalue weighted by Gasteiger charge is -2.14. The van der Waals surface area contributed by atoms with E-state index in [1.807, 2.05) is 26.0 Å². The topological polar surface area (TPSA) is 53.6 Å². The molecule has 1 aromatic carbocycles. The standard InChI is InChI=1S/C14H15FN4/c1-10(2)18-9-11-4-3-5-12(15)14(11)19-7-6-17-13(19)8-16/h3-7,10,18H,9H2,1-2H3. The van der Waals surface area contributed by atoms with Crippen molar-refractivity contribution in [3.8, 4) is 11.8 Å². The number of hydrogen-bond acceptors (Lipinski definition) is 3. The highest BCUT2D eigenvalue weighted by atomic mass is 19.1. The summed E-state index contributed by atoms with van der Waals surface area (Å²) in [6.07, 6.45) is 3.08. The molecular weight excluding hydrogens is 243 g/mol. The third-order valence-electron chi connectivity index (χ3n) is 2.75. The zero-order chi connectivity index (χ0) is 13.8. The normalized spacial score (nSPS) is 10.7. The summed E-state index contributed by atoms with van der Waals surface area (Å²) in [5.41, 5.74) is 1.17. The molecule has 0 unspecified atom stereocenters. The van der Waals surface area contributed by atoms with Gasteiger partial charge in [0.05, 0.1) is 5.69 Å². The van der Waals surface area contributed by atoms with E-state index in [0.717, 1.165) is 5.56 Å². The van der Waals surface area contributed by atoms with Crippen LogP contribution >= 0.6 is 0 Å². The summed E-state index contributed by atoms with van der Waals surface area (Å²) in [5, 5.41) is 12.2. The number of nitrogens with zero attached hydrogens (tertiary/aromatic N) is 3. The van der Waals surface area contributed by atoms with Gasteiger partial charge in [-0.1, -0.05) is 26.0 Å². The Balaban J connectivity index is 2.47. The van der Waals surface area contributed by atoms with Gasteiger partial charge in [-0.2, -0.15) is 5.26 Å². The fraction of sp³-hybridized carbons (Fsp3) is 0.286. The molecule has 5 heteroatoms. The zero-order valence-electron chi connectivity index (χ0n) is 10.9. The SMILES string of the molecule is CC(C)NCc1cccc(F)c1-n1ccnc1C#N. The lowest BCUT2D eigenvalue weighted by molar-refractivity contribution is 0.576. The molecule has 2 rings (SSSR count). The van der Waals surface area contributed by atoms with Crippen LogP contribution in [0.3, 0.4) is 0 Å². The monoisotopic (exact) mass is 258 g/mol. The number of benzene rings is 1. The average molecular weight is 258 g/mol. The molecule has 0 bridgehead atoms. The quantitative estimate of drug-likeness (QED) is 0.916. The molecule has 98 valence electrons. The van der Waals surface area contributed by atoms with Crippen LogP contribution in [0.4, 0.5) is 4.39 Å². The summed E-state index contributed by atoms with van der Waals surface area (Å²) in [6.45, 7) is 4.58. The molecule has 0 atom stereocenters. The Labute approximate surface area is 111 Å². The molecular formula is C14H15FN4. The van der Waals surface area contributed by atoms with Crippen molar-refractivity contribution >= 4 is 0 Å². The van der Waals surface area contributed by atoms with Crippen molar-refractivity contribution in [1.82, 2.24) is 14.9 Å². The maximum absolute atomic E-state index is 14.1. The molecule has 1 heterocycles. The maximum Gasteiger partial charge on any atom is 0.217 e. The number of nitrogens with one attached hydrogen (secondary N) is 1. The minimum Gasteiger partial charge on any atom is -0.310 e. The van der Waals surface area contributed by atoms with Gasteiger partial charge < -0.3 is 5.32 Å². The van der Waals surface area contributed by atoms with Crippen molar-refractivity contribution in [2.24, 2.45) is 0 Å². The van der Waals surface area contributed by atoms with E-state index >= 15 is 0 Å². The highest BCUT2D eigenvalue weighted by Gasteiger charge is 2.13. The van der Waals surface area contributed by atoms with E-state index in [0.29, 0.717) is 18.3 Å². The largest absolute Gasteiger partial charge is 0.310 e. The van der Waals surface area contributed by atoms with Gasteiger partial charge in [0.15, 0.2) is 0 Å². The summed E-state index contributed by atoms with van der Waals surface area (Å²) >= 11 is 0. The van der Waals surface area contributed by atoms with Gasteiger partial charge >= 0.3 is 0 Å². The molecule has 0 amide bonds. The van der Waals surface area contributed by atoms with Crippen LogP contribution in [-0.2, 0) is 6.54 Å². The fourth-order valence-electron chi connectivity index (χ4n) is 1.85. The number of aromatic nitrogens is 2. The molecule has 1 aromatic heterocycles. The lowest BCUT2D eigenvalue weighted by atomic mass is 10.1. The molecule has 1 N–H and O–H groups in total. The number of nitriles is 1. The Morgan fingerprint density at radius 2 is 2.26 bits per heavy atom. The van der Waals surface area contributed by atoms with Crippen molar-refractivity contribution < 1.29 is 4.39 Å². The van der Waals surface area contributed by atoms with Crippen LogP contribution in [0.2, 0.25) is 0 Å². The molecule has 0 saturated carbocycles. The first-order valence-electron chi connectivity index (χ1n) is 6.08. The second-order valence-electron chi connectivity index (χ2n) is 4.52. The van der Waals surface area contributed by atoms with Gasteiger partial charge in [-0.05, 0) is 11.6 Å². The average Bonchev–Trinajstić information content (AvgIpc) is 2.84. The van der Waals surface area contributed by atoms with Crippen LogP contribution in [0, 0.1) is 17.1 Å². The van der Waals surface area contributed by atoms with Crippen LogP contribution < -0.4 is 5.32 Å². The summed E-state index contributed by atoms with van der Waals surface area (Å²) in [5.74, 6) is -0.187. The van der Waals surface area contributed by atoms with Gasteiger partial charge in [-0.3, -0.25) is 4.57 Å². The third-order valence-corrected chi connectivity index (χ3v) is 2.75. The number of halogens is 1. The van der Waals surface area contributed by atoms with Gasteiger partial charge in [0, 0.05) is 25.0 Å². The van der Waals surface area contributed by atoms with E-state index in [2.05, 4.69) is 10.3 Å². The van der Waals surface area contributed by atoms with E-state index in [1.165, 1.54) is 16.8 Å². The van der Waals surface area contributed by atoms with Crippen molar-refractivity contribution in [3.05, 3.63) is 47.8 Å². The molecule has 4 nitrogen and oxygen atoms in total. The van der Waals surface area contributed by atoms with Crippen LogP contribution in [0.25, 0.3) is 5.69 Å². The van der Waals surface area contributed by atoms with Crippen molar-refractivity contribution in [3.63, 3.8) is 0 Å². The van der Waals surface area contributed by atoms with Gasteiger partial charge in [0.25, 0.3) is 0 Å². The number of hydrogen-bond donors (Lipinski definition) is 1. The predicted octanol–water partition coefficient (Wildman–Crippen LogP) is 2.38. The van der Waals surface area contributed by atoms with Crippen LogP contribution in [0.1, 0.15) is 25.2 Å². The Bertz CT molecular complexity index is 610. The molecule has 0 fully saturated rings. The lowest BCUT2D eigenvalue weighted by Crippen LogP contribution is -2.23. The van der Waals surface area contributed by atoms with Gasteiger partial charge in [0.1, 0.15) is 11.9 Å². The first-order chi connectivity index (χ1) is 9.13. The smallest absolute Gasteiger partial charge is 0.217 e. The highest BCUT2D eigenvalue weighted by Crippen LogP contribution is 2.20. The van der Waals surface area contributed by atoms with Crippen molar-refractivity contribution in [1.29, 1.82) is 5.26 Å². The minimum atomic E-state index is -0.363. The highest BCUT2D eigenvalue weighted by molar-refractivity contribution is 5.44. The van der Waals surface area contributed by atoms with Crippen LogP contribution in [0.5, 0.6) is 0 Å². The zero-order valence-corrected chi connectivity index (χ0v) is 10.9. The Kier molecular flexibility index (Phi) is 3.93. The van der Waals surface area contributed by atoms with E-state index in [-0.39, 0.29) is 11.6 Å². The summed E-state index contributed by atoms with van der Waals surface area (Å²) in [4.78, 5) is 3.90. The van der Waals surface area contributed by atoms with Crippen LogP contribution in [-0.4, -0.2) is 15.6 Å². The molecule has 2 aromatic rings. The first-order valence-corrected chi connectivity index (χ1v) is 6.08.